The summed E-state index contributed by atoms with van der Waals surface area (Å²) in [4.78, 5) is 24.1. The van der Waals surface area contributed by atoms with E-state index in [1.54, 1.807) is 18.2 Å². The molecule has 0 spiro atoms. The molecule has 0 saturated heterocycles. The van der Waals surface area contributed by atoms with Gasteiger partial charge in [0, 0.05) is 5.56 Å². The van der Waals surface area contributed by atoms with E-state index in [0.717, 1.165) is 23.3 Å². The van der Waals surface area contributed by atoms with E-state index >= 15 is 0 Å². The Morgan fingerprint density at radius 1 is 0.767 bits per heavy atom. The van der Waals surface area contributed by atoms with Crippen LogP contribution < -0.4 is 20.3 Å². The van der Waals surface area contributed by atoms with Gasteiger partial charge in [-0.05, 0) is 53.9 Å². The van der Waals surface area contributed by atoms with E-state index in [4.69, 9.17) is 9.47 Å². The Hall–Kier alpha value is -3.80. The van der Waals surface area contributed by atoms with Gasteiger partial charge in [-0.3, -0.25) is 20.4 Å². The molecule has 0 heterocycles. The molecule has 6 heteroatoms. The van der Waals surface area contributed by atoms with Crippen molar-refractivity contribution in [2.75, 3.05) is 6.61 Å². The third-order valence-electron chi connectivity index (χ3n) is 4.36. The van der Waals surface area contributed by atoms with Crippen LogP contribution in [-0.2, 0) is 17.8 Å². The molecule has 0 radical (unpaired) electrons. The number of carbonyl (C=O) groups excluding carboxylic acids is 2. The highest BCUT2D eigenvalue weighted by Crippen LogP contribution is 2.14. The van der Waals surface area contributed by atoms with Crippen LogP contribution in [0.4, 0.5) is 0 Å². The van der Waals surface area contributed by atoms with E-state index < -0.39 is 11.8 Å². The molecule has 3 aromatic carbocycles. The first-order chi connectivity index (χ1) is 14.6. The fourth-order valence-corrected chi connectivity index (χ4v) is 2.67. The average Bonchev–Trinajstić information content (AvgIpc) is 2.81. The van der Waals surface area contributed by atoms with E-state index in [1.165, 1.54) is 0 Å². The second kappa shape index (κ2) is 10.7. The van der Waals surface area contributed by atoms with Crippen molar-refractivity contribution in [1.29, 1.82) is 0 Å². The van der Waals surface area contributed by atoms with Gasteiger partial charge in [-0.15, -0.1) is 0 Å². The number of aryl methyl sites for hydroxylation is 1. The summed E-state index contributed by atoms with van der Waals surface area (Å²) in [5.41, 5.74) is 7.22. The Labute approximate surface area is 175 Å². The Kier molecular flexibility index (Phi) is 7.44. The molecule has 2 N–H and O–H groups in total. The highest BCUT2D eigenvalue weighted by atomic mass is 16.5. The molecule has 0 saturated carbocycles. The second-order valence-electron chi connectivity index (χ2n) is 6.59. The molecular formula is C24H24N2O4. The van der Waals surface area contributed by atoms with Gasteiger partial charge in [-0.2, -0.15) is 0 Å². The maximum absolute atomic E-state index is 12.2. The van der Waals surface area contributed by atoms with E-state index in [-0.39, 0.29) is 6.61 Å². The average molecular weight is 404 g/mol. The predicted octanol–water partition coefficient (Wildman–Crippen LogP) is 3.67. The molecule has 0 aliphatic heterocycles. The zero-order valence-corrected chi connectivity index (χ0v) is 16.8. The van der Waals surface area contributed by atoms with Gasteiger partial charge in [0.1, 0.15) is 18.1 Å². The number of rotatable bonds is 8. The number of benzene rings is 3. The van der Waals surface area contributed by atoms with Crippen molar-refractivity contribution in [2.45, 2.75) is 20.0 Å². The highest BCUT2D eigenvalue weighted by molar-refractivity contribution is 5.95. The lowest BCUT2D eigenvalue weighted by Crippen LogP contribution is -2.43. The van der Waals surface area contributed by atoms with Crippen LogP contribution in [0.25, 0.3) is 0 Å². The normalized spacial score (nSPS) is 10.2. The van der Waals surface area contributed by atoms with Gasteiger partial charge in [0.2, 0.25) is 0 Å². The standard InChI is InChI=1S/C24H24N2O4/c1-2-18-7-6-10-22(15-18)30-17-23(27)25-26-24(28)20-13-11-19(12-14-20)16-29-21-8-4-3-5-9-21/h3-15H,2,16-17H2,1H3,(H,25,27)(H,26,28). The summed E-state index contributed by atoms with van der Waals surface area (Å²) in [6.07, 6.45) is 0.886. The van der Waals surface area contributed by atoms with E-state index in [1.807, 2.05) is 67.6 Å². The summed E-state index contributed by atoms with van der Waals surface area (Å²) < 4.78 is 11.1. The maximum Gasteiger partial charge on any atom is 0.276 e. The molecule has 0 unspecified atom stereocenters. The van der Waals surface area contributed by atoms with Gasteiger partial charge in [-0.25, -0.2) is 0 Å². The van der Waals surface area contributed by atoms with E-state index in [2.05, 4.69) is 10.9 Å². The Morgan fingerprint density at radius 2 is 1.50 bits per heavy atom. The van der Waals surface area contributed by atoms with Crippen molar-refractivity contribution < 1.29 is 19.1 Å². The molecule has 0 fully saturated rings. The third kappa shape index (κ3) is 6.38. The smallest absolute Gasteiger partial charge is 0.276 e. The molecule has 30 heavy (non-hydrogen) atoms. The molecule has 2 amide bonds. The van der Waals surface area contributed by atoms with Gasteiger partial charge >= 0.3 is 0 Å². The Morgan fingerprint density at radius 3 is 2.23 bits per heavy atom. The van der Waals surface area contributed by atoms with Crippen LogP contribution in [0.15, 0.2) is 78.9 Å². The molecule has 154 valence electrons. The minimum atomic E-state index is -0.446. The number of nitrogens with one attached hydrogen (secondary N) is 2. The molecule has 3 aromatic rings. The first-order valence-corrected chi connectivity index (χ1v) is 9.72. The topological polar surface area (TPSA) is 76.7 Å². The lowest BCUT2D eigenvalue weighted by atomic mass is 10.1. The molecule has 6 nitrogen and oxygen atoms in total. The number of hydrogen-bond donors (Lipinski definition) is 2. The highest BCUT2D eigenvalue weighted by Gasteiger charge is 2.08. The second-order valence-corrected chi connectivity index (χ2v) is 6.59. The molecule has 0 aliphatic carbocycles. The Bertz CT molecular complexity index is 972. The minimum absolute atomic E-state index is 0.191. The SMILES string of the molecule is CCc1cccc(OCC(=O)NNC(=O)c2ccc(COc3ccccc3)cc2)c1. The van der Waals surface area contributed by atoms with Gasteiger partial charge in [0.05, 0.1) is 0 Å². The van der Waals surface area contributed by atoms with Crippen LogP contribution >= 0.6 is 0 Å². The van der Waals surface area contributed by atoms with Crippen molar-refractivity contribution in [2.24, 2.45) is 0 Å². The van der Waals surface area contributed by atoms with Crippen LogP contribution in [0, 0.1) is 0 Å². The van der Waals surface area contributed by atoms with E-state index in [9.17, 15) is 9.59 Å². The first kappa shape index (κ1) is 20.9. The van der Waals surface area contributed by atoms with Gasteiger partial charge < -0.3 is 9.47 Å². The van der Waals surface area contributed by atoms with Crippen molar-refractivity contribution in [1.82, 2.24) is 10.9 Å². The molecule has 0 aliphatic rings. The third-order valence-corrected chi connectivity index (χ3v) is 4.36. The number of amides is 2. The maximum atomic E-state index is 12.2. The van der Waals surface area contributed by atoms with Crippen LogP contribution in [0.1, 0.15) is 28.4 Å². The van der Waals surface area contributed by atoms with Crippen LogP contribution in [-0.4, -0.2) is 18.4 Å². The summed E-state index contributed by atoms with van der Waals surface area (Å²) in [6, 6.07) is 24.0. The van der Waals surface area contributed by atoms with Crippen molar-refractivity contribution in [3.63, 3.8) is 0 Å². The number of carbonyl (C=O) groups is 2. The molecule has 0 aromatic heterocycles. The first-order valence-electron chi connectivity index (χ1n) is 9.72. The van der Waals surface area contributed by atoms with Gasteiger partial charge in [0.15, 0.2) is 6.61 Å². The Balaban J connectivity index is 1.42. The fourth-order valence-electron chi connectivity index (χ4n) is 2.67. The zero-order valence-electron chi connectivity index (χ0n) is 16.8. The monoisotopic (exact) mass is 404 g/mol. The largest absolute Gasteiger partial charge is 0.489 e. The number of ether oxygens (including phenoxy) is 2. The summed E-state index contributed by atoms with van der Waals surface area (Å²) >= 11 is 0. The van der Waals surface area contributed by atoms with Crippen molar-refractivity contribution in [3.8, 4) is 11.5 Å². The number of para-hydroxylation sites is 1. The minimum Gasteiger partial charge on any atom is -0.489 e. The summed E-state index contributed by atoms with van der Waals surface area (Å²) in [5.74, 6) is 0.541. The summed E-state index contributed by atoms with van der Waals surface area (Å²) in [6.45, 7) is 2.26. The lowest BCUT2D eigenvalue weighted by Gasteiger charge is -2.10. The zero-order chi connectivity index (χ0) is 21.2. The summed E-state index contributed by atoms with van der Waals surface area (Å²) in [7, 11) is 0. The van der Waals surface area contributed by atoms with Crippen LogP contribution in [0.5, 0.6) is 11.5 Å². The molecule has 0 bridgehead atoms. The van der Waals surface area contributed by atoms with Crippen LogP contribution in [0.3, 0.4) is 0 Å². The lowest BCUT2D eigenvalue weighted by molar-refractivity contribution is -0.123. The molecular weight excluding hydrogens is 380 g/mol. The van der Waals surface area contributed by atoms with Gasteiger partial charge in [0.25, 0.3) is 11.8 Å². The van der Waals surface area contributed by atoms with Crippen molar-refractivity contribution >= 4 is 11.8 Å². The molecule has 0 atom stereocenters. The number of hydrazine groups is 1. The van der Waals surface area contributed by atoms with Gasteiger partial charge in [-0.1, -0.05) is 49.4 Å². The quantitative estimate of drug-likeness (QED) is 0.562. The molecule has 3 rings (SSSR count). The van der Waals surface area contributed by atoms with Crippen molar-refractivity contribution in [3.05, 3.63) is 95.6 Å². The van der Waals surface area contributed by atoms with Crippen LogP contribution in [0.2, 0.25) is 0 Å². The van der Waals surface area contributed by atoms with E-state index in [0.29, 0.717) is 17.9 Å². The number of hydrogen-bond acceptors (Lipinski definition) is 4. The summed E-state index contributed by atoms with van der Waals surface area (Å²) in [5, 5.41) is 0. The fraction of sp³-hybridized carbons (Fsp3) is 0.167. The predicted molar refractivity (Wildman–Crippen MR) is 114 cm³/mol.